The third-order valence-electron chi connectivity index (χ3n) is 4.46. The van der Waals surface area contributed by atoms with Crippen molar-refractivity contribution in [2.24, 2.45) is 5.10 Å². The van der Waals surface area contributed by atoms with Crippen molar-refractivity contribution in [2.45, 2.75) is 24.2 Å². The summed E-state index contributed by atoms with van der Waals surface area (Å²) in [6.07, 6.45) is 7.83. The zero-order valence-corrected chi connectivity index (χ0v) is 16.3. The minimum absolute atomic E-state index is 0.134. The molecule has 0 unspecified atom stereocenters. The third-order valence-corrected chi connectivity index (χ3v) is 6.36. The van der Waals surface area contributed by atoms with Gasteiger partial charge in [-0.25, -0.2) is 13.8 Å². The molecule has 1 saturated heterocycles. The maximum atomic E-state index is 12.8. The molecular formula is C21H23N3O3S. The van der Waals surface area contributed by atoms with Crippen LogP contribution in [0.1, 0.15) is 35.2 Å². The van der Waals surface area contributed by atoms with Crippen LogP contribution in [-0.4, -0.2) is 37.9 Å². The van der Waals surface area contributed by atoms with Crippen LogP contribution in [0.5, 0.6) is 0 Å². The SMILES string of the molecule is O=C(N/N=C\C=C\c1ccccc1)c1cccc(S(=O)(=O)N2CCCCC2)c1. The third kappa shape index (κ3) is 5.15. The summed E-state index contributed by atoms with van der Waals surface area (Å²) >= 11 is 0. The summed E-state index contributed by atoms with van der Waals surface area (Å²) < 4.78 is 27.0. The van der Waals surface area contributed by atoms with Crippen molar-refractivity contribution in [2.75, 3.05) is 13.1 Å². The largest absolute Gasteiger partial charge is 0.271 e. The van der Waals surface area contributed by atoms with Crippen LogP contribution in [0.2, 0.25) is 0 Å². The zero-order chi connectivity index (χ0) is 19.8. The van der Waals surface area contributed by atoms with E-state index in [0.717, 1.165) is 24.8 Å². The summed E-state index contributed by atoms with van der Waals surface area (Å²) in [6, 6.07) is 15.8. The van der Waals surface area contributed by atoms with Gasteiger partial charge in [0.05, 0.1) is 4.90 Å². The predicted octanol–water partition coefficient (Wildman–Crippen LogP) is 3.29. The number of rotatable bonds is 6. The van der Waals surface area contributed by atoms with Crippen LogP contribution in [-0.2, 0) is 10.0 Å². The van der Waals surface area contributed by atoms with Crippen molar-refractivity contribution in [1.29, 1.82) is 0 Å². The number of nitrogens with zero attached hydrogens (tertiary/aromatic N) is 2. The lowest BCUT2D eigenvalue weighted by Gasteiger charge is -2.25. The van der Waals surface area contributed by atoms with Crippen LogP contribution in [0.3, 0.4) is 0 Å². The molecule has 1 heterocycles. The Hall–Kier alpha value is -2.77. The summed E-state index contributed by atoms with van der Waals surface area (Å²) in [5, 5.41) is 3.87. The fraction of sp³-hybridized carbons (Fsp3) is 0.238. The molecule has 1 amide bonds. The van der Waals surface area contributed by atoms with Gasteiger partial charge in [0.25, 0.3) is 5.91 Å². The van der Waals surface area contributed by atoms with Gasteiger partial charge in [-0.1, -0.05) is 48.9 Å². The van der Waals surface area contributed by atoms with Gasteiger partial charge in [0, 0.05) is 24.9 Å². The van der Waals surface area contributed by atoms with Crippen LogP contribution in [0.25, 0.3) is 6.08 Å². The van der Waals surface area contributed by atoms with E-state index in [9.17, 15) is 13.2 Å². The molecule has 0 bridgehead atoms. The number of hydrogen-bond donors (Lipinski definition) is 1. The van der Waals surface area contributed by atoms with Gasteiger partial charge in [-0.3, -0.25) is 4.79 Å². The number of hydrazone groups is 1. The van der Waals surface area contributed by atoms with E-state index < -0.39 is 15.9 Å². The Bertz CT molecular complexity index is 963. The van der Waals surface area contributed by atoms with Crippen LogP contribution < -0.4 is 5.43 Å². The van der Waals surface area contributed by atoms with Crippen molar-refractivity contribution in [3.8, 4) is 0 Å². The number of piperidine rings is 1. The smallest absolute Gasteiger partial charge is 0.267 e. The Morgan fingerprint density at radius 1 is 1.00 bits per heavy atom. The fourth-order valence-electron chi connectivity index (χ4n) is 2.97. The van der Waals surface area contributed by atoms with E-state index in [1.807, 2.05) is 36.4 Å². The quantitative estimate of drug-likeness (QED) is 0.600. The number of allylic oxidation sites excluding steroid dienone is 1. The van der Waals surface area contributed by atoms with Crippen molar-refractivity contribution in [3.05, 3.63) is 71.8 Å². The predicted molar refractivity (Wildman–Crippen MR) is 110 cm³/mol. The first-order valence-corrected chi connectivity index (χ1v) is 10.7. The number of carbonyl (C=O) groups is 1. The number of carbonyl (C=O) groups excluding carboxylic acids is 1. The highest BCUT2D eigenvalue weighted by molar-refractivity contribution is 7.89. The molecule has 0 saturated carbocycles. The lowest BCUT2D eigenvalue weighted by atomic mass is 10.2. The molecule has 1 fully saturated rings. The molecule has 146 valence electrons. The van der Waals surface area contributed by atoms with Gasteiger partial charge < -0.3 is 0 Å². The van der Waals surface area contributed by atoms with Crippen LogP contribution in [0.15, 0.2) is 70.7 Å². The lowest BCUT2D eigenvalue weighted by molar-refractivity contribution is 0.0955. The van der Waals surface area contributed by atoms with Gasteiger partial charge in [0.1, 0.15) is 0 Å². The number of amides is 1. The second kappa shape index (κ2) is 9.43. The monoisotopic (exact) mass is 397 g/mol. The Balaban J connectivity index is 1.63. The van der Waals surface area contributed by atoms with Gasteiger partial charge in [-0.2, -0.15) is 9.41 Å². The minimum Gasteiger partial charge on any atom is -0.267 e. The van der Waals surface area contributed by atoms with Crippen molar-refractivity contribution < 1.29 is 13.2 Å². The number of nitrogens with one attached hydrogen (secondary N) is 1. The average Bonchev–Trinajstić information content (AvgIpc) is 2.75. The molecule has 6 nitrogen and oxygen atoms in total. The number of benzene rings is 2. The Morgan fingerprint density at radius 2 is 1.75 bits per heavy atom. The van der Waals surface area contributed by atoms with Gasteiger partial charge in [-0.15, -0.1) is 0 Å². The van der Waals surface area contributed by atoms with Gasteiger partial charge in [0.15, 0.2) is 0 Å². The van der Waals surface area contributed by atoms with E-state index >= 15 is 0 Å². The average molecular weight is 398 g/mol. The van der Waals surface area contributed by atoms with Crippen LogP contribution in [0, 0.1) is 0 Å². The molecule has 28 heavy (non-hydrogen) atoms. The minimum atomic E-state index is -3.57. The van der Waals surface area contributed by atoms with Gasteiger partial charge in [0.2, 0.25) is 10.0 Å². The maximum absolute atomic E-state index is 12.8. The molecular weight excluding hydrogens is 374 g/mol. The summed E-state index contributed by atoms with van der Waals surface area (Å²) in [5.41, 5.74) is 3.69. The normalized spacial score (nSPS) is 15.9. The van der Waals surface area contributed by atoms with E-state index in [0.29, 0.717) is 13.1 Å². The van der Waals surface area contributed by atoms with E-state index in [4.69, 9.17) is 0 Å². The second-order valence-corrected chi connectivity index (χ2v) is 8.42. The van der Waals surface area contributed by atoms with Gasteiger partial charge >= 0.3 is 0 Å². The lowest BCUT2D eigenvalue weighted by Crippen LogP contribution is -2.35. The topological polar surface area (TPSA) is 78.8 Å². The molecule has 0 spiro atoms. The van der Waals surface area contributed by atoms with Gasteiger partial charge in [-0.05, 0) is 42.7 Å². The van der Waals surface area contributed by atoms with E-state index in [-0.39, 0.29) is 10.5 Å². The molecule has 3 rings (SSSR count). The summed E-state index contributed by atoms with van der Waals surface area (Å²) in [5.74, 6) is -0.458. The highest BCUT2D eigenvalue weighted by Crippen LogP contribution is 2.21. The summed E-state index contributed by atoms with van der Waals surface area (Å²) in [7, 11) is -3.57. The second-order valence-electron chi connectivity index (χ2n) is 6.48. The number of sulfonamides is 1. The highest BCUT2D eigenvalue weighted by atomic mass is 32.2. The number of hydrogen-bond acceptors (Lipinski definition) is 4. The first kappa shape index (κ1) is 20.0. The summed E-state index contributed by atoms with van der Waals surface area (Å²) in [6.45, 7) is 1.05. The van der Waals surface area contributed by atoms with Crippen molar-refractivity contribution >= 4 is 28.2 Å². The molecule has 0 aromatic heterocycles. The molecule has 0 aliphatic carbocycles. The van der Waals surface area contributed by atoms with Crippen molar-refractivity contribution in [1.82, 2.24) is 9.73 Å². The Kier molecular flexibility index (Phi) is 6.73. The molecule has 2 aromatic carbocycles. The highest BCUT2D eigenvalue weighted by Gasteiger charge is 2.26. The molecule has 1 aliphatic rings. The Labute approximate surface area is 165 Å². The van der Waals surface area contributed by atoms with Crippen molar-refractivity contribution in [3.63, 3.8) is 0 Å². The first-order chi connectivity index (χ1) is 13.6. The molecule has 0 radical (unpaired) electrons. The molecule has 7 heteroatoms. The standard InChI is InChI=1S/C21H23N3O3S/c25-21(23-22-14-8-11-18-9-3-1-4-10-18)19-12-7-13-20(17-19)28(26,27)24-15-5-2-6-16-24/h1,3-4,7-14,17H,2,5-6,15-16H2,(H,23,25)/b11-8+,22-14-. The fourth-order valence-corrected chi connectivity index (χ4v) is 4.54. The zero-order valence-electron chi connectivity index (χ0n) is 15.5. The first-order valence-electron chi connectivity index (χ1n) is 9.23. The van der Waals surface area contributed by atoms with Crippen LogP contribution >= 0.6 is 0 Å². The van der Waals surface area contributed by atoms with Crippen LogP contribution in [0.4, 0.5) is 0 Å². The molecule has 1 N–H and O–H groups in total. The molecule has 2 aromatic rings. The van der Waals surface area contributed by atoms with E-state index in [2.05, 4.69) is 10.5 Å². The van der Waals surface area contributed by atoms with E-state index in [1.165, 1.54) is 22.7 Å². The molecule has 1 aliphatic heterocycles. The summed E-state index contributed by atoms with van der Waals surface area (Å²) in [4.78, 5) is 12.4. The molecule has 0 atom stereocenters. The Morgan fingerprint density at radius 3 is 2.50 bits per heavy atom. The van der Waals surface area contributed by atoms with E-state index in [1.54, 1.807) is 18.2 Å². The maximum Gasteiger partial charge on any atom is 0.271 e.